The Morgan fingerprint density at radius 2 is 2.18 bits per heavy atom. The summed E-state index contributed by atoms with van der Waals surface area (Å²) in [6.07, 6.45) is 4.42. The van der Waals surface area contributed by atoms with Gasteiger partial charge in [0.1, 0.15) is 0 Å². The van der Waals surface area contributed by atoms with E-state index in [0.717, 1.165) is 24.7 Å². The van der Waals surface area contributed by atoms with Crippen molar-refractivity contribution in [2.24, 2.45) is 0 Å². The molecule has 0 aliphatic heterocycles. The van der Waals surface area contributed by atoms with Crippen LogP contribution in [0.1, 0.15) is 39.3 Å². The van der Waals surface area contributed by atoms with Crippen molar-refractivity contribution in [3.05, 3.63) is 11.9 Å². The molecule has 0 bridgehead atoms. The second-order valence-corrected chi connectivity index (χ2v) is 5.08. The van der Waals surface area contributed by atoms with E-state index in [2.05, 4.69) is 41.8 Å². The van der Waals surface area contributed by atoms with Gasteiger partial charge in [0.25, 0.3) is 0 Å². The van der Waals surface area contributed by atoms with Crippen LogP contribution in [-0.4, -0.2) is 28.8 Å². The van der Waals surface area contributed by atoms with Crippen molar-refractivity contribution in [1.82, 2.24) is 9.55 Å². The van der Waals surface area contributed by atoms with Crippen LogP contribution in [0.5, 0.6) is 0 Å². The van der Waals surface area contributed by atoms with Crippen molar-refractivity contribution < 1.29 is 4.74 Å². The molecule has 1 rings (SSSR count). The zero-order valence-corrected chi connectivity index (χ0v) is 11.7. The fourth-order valence-electron chi connectivity index (χ4n) is 1.66. The fourth-order valence-corrected chi connectivity index (χ4v) is 1.66. The minimum Gasteiger partial charge on any atom is -0.377 e. The molecule has 0 aliphatic carbocycles. The van der Waals surface area contributed by atoms with Gasteiger partial charge in [-0.05, 0) is 27.2 Å². The zero-order chi connectivity index (χ0) is 12.9. The molecule has 1 aromatic rings. The van der Waals surface area contributed by atoms with Crippen LogP contribution >= 0.6 is 0 Å². The standard InChI is InChI=1S/C13H25N3O/c1-6-7-8-14-12-15-11(2)9-16(12)10-13(3,4)17-5/h9H,6-8,10H2,1-5H3,(H,14,15). The molecule has 0 aromatic carbocycles. The van der Waals surface area contributed by atoms with Gasteiger partial charge < -0.3 is 14.6 Å². The van der Waals surface area contributed by atoms with Gasteiger partial charge in [-0.3, -0.25) is 0 Å². The van der Waals surface area contributed by atoms with Gasteiger partial charge in [-0.1, -0.05) is 13.3 Å². The first kappa shape index (κ1) is 14.0. The maximum absolute atomic E-state index is 5.46. The fraction of sp³-hybridized carbons (Fsp3) is 0.769. The van der Waals surface area contributed by atoms with Crippen molar-refractivity contribution in [1.29, 1.82) is 0 Å². The number of imidazole rings is 1. The molecule has 4 nitrogen and oxygen atoms in total. The summed E-state index contributed by atoms with van der Waals surface area (Å²) in [5, 5.41) is 3.38. The van der Waals surface area contributed by atoms with E-state index in [-0.39, 0.29) is 5.60 Å². The molecule has 0 saturated heterocycles. The molecule has 0 fully saturated rings. The summed E-state index contributed by atoms with van der Waals surface area (Å²) in [6.45, 7) is 10.1. The number of ether oxygens (including phenoxy) is 1. The van der Waals surface area contributed by atoms with Gasteiger partial charge in [0.05, 0.1) is 17.8 Å². The number of hydrogen-bond acceptors (Lipinski definition) is 3. The first-order valence-electron chi connectivity index (χ1n) is 6.31. The molecule has 17 heavy (non-hydrogen) atoms. The van der Waals surface area contributed by atoms with Crippen LogP contribution in [-0.2, 0) is 11.3 Å². The topological polar surface area (TPSA) is 39.1 Å². The normalized spacial score (nSPS) is 11.8. The first-order chi connectivity index (χ1) is 7.98. The number of rotatable bonds is 7. The number of aryl methyl sites for hydroxylation is 1. The van der Waals surface area contributed by atoms with E-state index >= 15 is 0 Å². The number of nitrogens with zero attached hydrogens (tertiary/aromatic N) is 2. The zero-order valence-electron chi connectivity index (χ0n) is 11.7. The highest BCUT2D eigenvalue weighted by atomic mass is 16.5. The molecule has 0 spiro atoms. The lowest BCUT2D eigenvalue weighted by molar-refractivity contribution is 0.00857. The molecule has 0 radical (unpaired) electrons. The Kier molecular flexibility index (Phi) is 5.00. The van der Waals surface area contributed by atoms with Gasteiger partial charge in [-0.15, -0.1) is 0 Å². The summed E-state index contributed by atoms with van der Waals surface area (Å²) < 4.78 is 7.59. The van der Waals surface area contributed by atoms with Crippen molar-refractivity contribution in [3.63, 3.8) is 0 Å². The molecule has 0 unspecified atom stereocenters. The van der Waals surface area contributed by atoms with Crippen LogP contribution < -0.4 is 5.32 Å². The maximum Gasteiger partial charge on any atom is 0.203 e. The van der Waals surface area contributed by atoms with Crippen molar-refractivity contribution in [2.45, 2.75) is 52.7 Å². The van der Waals surface area contributed by atoms with Gasteiger partial charge >= 0.3 is 0 Å². The quantitative estimate of drug-likeness (QED) is 0.744. The molecule has 0 saturated carbocycles. The van der Waals surface area contributed by atoms with Crippen LogP contribution in [0.4, 0.5) is 5.95 Å². The number of nitrogens with one attached hydrogen (secondary N) is 1. The third kappa shape index (κ3) is 4.38. The van der Waals surface area contributed by atoms with Gasteiger partial charge in [-0.25, -0.2) is 4.98 Å². The molecular formula is C13H25N3O. The van der Waals surface area contributed by atoms with E-state index in [0.29, 0.717) is 0 Å². The number of aromatic nitrogens is 2. The number of unbranched alkanes of at least 4 members (excludes halogenated alkanes) is 1. The number of anilines is 1. The molecule has 1 N–H and O–H groups in total. The highest BCUT2D eigenvalue weighted by Crippen LogP contribution is 2.16. The summed E-state index contributed by atoms with van der Waals surface area (Å²) in [7, 11) is 1.74. The van der Waals surface area contributed by atoms with Crippen LogP contribution in [0.15, 0.2) is 6.20 Å². The van der Waals surface area contributed by atoms with E-state index in [1.54, 1.807) is 7.11 Å². The van der Waals surface area contributed by atoms with E-state index in [9.17, 15) is 0 Å². The predicted molar refractivity (Wildman–Crippen MR) is 71.4 cm³/mol. The second-order valence-electron chi connectivity index (χ2n) is 5.08. The van der Waals surface area contributed by atoms with Crippen molar-refractivity contribution in [2.75, 3.05) is 19.0 Å². The van der Waals surface area contributed by atoms with Gasteiger partial charge in [0.2, 0.25) is 5.95 Å². The molecule has 0 atom stereocenters. The molecular weight excluding hydrogens is 214 g/mol. The van der Waals surface area contributed by atoms with Crippen molar-refractivity contribution >= 4 is 5.95 Å². The molecule has 0 amide bonds. The number of hydrogen-bond donors (Lipinski definition) is 1. The number of methoxy groups -OCH3 is 1. The lowest BCUT2D eigenvalue weighted by Gasteiger charge is -2.24. The molecule has 1 aromatic heterocycles. The lowest BCUT2D eigenvalue weighted by Crippen LogP contribution is -2.29. The maximum atomic E-state index is 5.46. The van der Waals surface area contributed by atoms with Gasteiger partial charge in [0.15, 0.2) is 0 Å². The third-order valence-electron chi connectivity index (χ3n) is 2.81. The Bertz CT molecular complexity index is 344. The van der Waals surface area contributed by atoms with Gasteiger partial charge in [-0.2, -0.15) is 0 Å². The summed E-state index contributed by atoms with van der Waals surface area (Å²) >= 11 is 0. The van der Waals surface area contributed by atoms with E-state index in [4.69, 9.17) is 4.74 Å². The Morgan fingerprint density at radius 1 is 1.47 bits per heavy atom. The van der Waals surface area contributed by atoms with E-state index in [1.807, 2.05) is 6.92 Å². The molecule has 1 heterocycles. The average molecular weight is 239 g/mol. The summed E-state index contributed by atoms with van der Waals surface area (Å²) in [4.78, 5) is 4.50. The van der Waals surface area contributed by atoms with Crippen LogP contribution in [0.3, 0.4) is 0 Å². The van der Waals surface area contributed by atoms with Gasteiger partial charge in [0, 0.05) is 19.9 Å². The van der Waals surface area contributed by atoms with E-state index in [1.165, 1.54) is 12.8 Å². The highest BCUT2D eigenvalue weighted by molar-refractivity contribution is 5.28. The van der Waals surface area contributed by atoms with Crippen LogP contribution in [0, 0.1) is 6.92 Å². The summed E-state index contributed by atoms with van der Waals surface area (Å²) in [5.41, 5.74) is 0.866. The Labute approximate surface area is 104 Å². The summed E-state index contributed by atoms with van der Waals surface area (Å²) in [5.74, 6) is 0.945. The SMILES string of the molecule is CCCCNc1nc(C)cn1CC(C)(C)OC. The third-order valence-corrected chi connectivity index (χ3v) is 2.81. The second kappa shape index (κ2) is 6.05. The monoisotopic (exact) mass is 239 g/mol. The lowest BCUT2D eigenvalue weighted by atomic mass is 10.1. The Hall–Kier alpha value is -1.03. The Balaban J connectivity index is 2.70. The van der Waals surface area contributed by atoms with Crippen LogP contribution in [0.2, 0.25) is 0 Å². The smallest absolute Gasteiger partial charge is 0.203 e. The predicted octanol–water partition coefficient (Wildman–Crippen LogP) is 2.83. The minimum absolute atomic E-state index is 0.172. The van der Waals surface area contributed by atoms with Crippen LogP contribution in [0.25, 0.3) is 0 Å². The summed E-state index contributed by atoms with van der Waals surface area (Å²) in [6, 6.07) is 0. The minimum atomic E-state index is -0.172. The highest BCUT2D eigenvalue weighted by Gasteiger charge is 2.19. The molecule has 98 valence electrons. The van der Waals surface area contributed by atoms with Crippen molar-refractivity contribution in [3.8, 4) is 0 Å². The first-order valence-corrected chi connectivity index (χ1v) is 6.31. The average Bonchev–Trinajstić information content (AvgIpc) is 2.59. The van der Waals surface area contributed by atoms with E-state index < -0.39 is 0 Å². The Morgan fingerprint density at radius 3 is 2.76 bits per heavy atom. The molecule has 0 aliphatic rings. The largest absolute Gasteiger partial charge is 0.377 e. The molecule has 4 heteroatoms.